The average Bonchev–Trinajstić information content (AvgIpc) is 1.61. The number of hydrogen-bond donors (Lipinski definition) is 0. The second-order valence-electron chi connectivity index (χ2n) is 1.59. The Hall–Kier alpha value is -0.300. The van der Waals surface area contributed by atoms with E-state index in [1.165, 1.54) is 5.57 Å². The summed E-state index contributed by atoms with van der Waals surface area (Å²) in [6, 6.07) is 0. The van der Waals surface area contributed by atoms with Crippen molar-refractivity contribution < 1.29 is 4.74 Å². The van der Waals surface area contributed by atoms with Crippen LogP contribution in [0, 0.1) is 7.11 Å². The van der Waals surface area contributed by atoms with Crippen LogP contribution in [0.4, 0.5) is 0 Å². The average molecular weight is 97.1 g/mol. The Balaban J connectivity index is 3.08. The molecule has 1 heteroatoms. The highest BCUT2D eigenvalue weighted by atomic mass is 16.5. The van der Waals surface area contributed by atoms with Crippen LogP contribution in [0.5, 0.6) is 0 Å². The maximum Gasteiger partial charge on any atom is 0.174 e. The minimum atomic E-state index is 0.405. The Bertz CT molecular complexity index is 60.6. The first-order valence-corrected chi connectivity index (χ1v) is 2.19. The van der Waals surface area contributed by atoms with Crippen LogP contribution < -0.4 is 0 Å². The van der Waals surface area contributed by atoms with E-state index < -0.39 is 0 Å². The normalized spacial score (nSPS) is 8.43. The highest BCUT2D eigenvalue weighted by Crippen LogP contribution is 1.86. The van der Waals surface area contributed by atoms with Crippen molar-refractivity contribution in [2.75, 3.05) is 6.61 Å². The van der Waals surface area contributed by atoms with Gasteiger partial charge < -0.3 is 4.74 Å². The van der Waals surface area contributed by atoms with Gasteiger partial charge in [0.05, 0.1) is 6.61 Å². The van der Waals surface area contributed by atoms with Gasteiger partial charge in [0.2, 0.25) is 0 Å². The van der Waals surface area contributed by atoms with Crippen molar-refractivity contribution in [3.05, 3.63) is 18.8 Å². The fourth-order valence-electron chi connectivity index (χ4n) is 0.208. The first-order valence-electron chi connectivity index (χ1n) is 2.19. The number of rotatable bonds is 2. The van der Waals surface area contributed by atoms with Crippen molar-refractivity contribution in [3.63, 3.8) is 0 Å². The van der Waals surface area contributed by atoms with Gasteiger partial charge in [0.25, 0.3) is 0 Å². The SMILES string of the molecule is [C]OCC=C(C)C. The van der Waals surface area contributed by atoms with Crippen LogP contribution in [0.2, 0.25) is 0 Å². The standard InChI is InChI=1S/C6H9O/c1-6(2)4-5-7-3/h4H,5H2,1-2H3. The molecule has 0 aromatic carbocycles. The Morgan fingerprint density at radius 1 is 1.71 bits per heavy atom. The zero-order valence-corrected chi connectivity index (χ0v) is 4.69. The molecule has 0 unspecified atom stereocenters. The lowest BCUT2D eigenvalue weighted by atomic mass is 10.3. The largest absolute Gasteiger partial charge is 0.361 e. The third kappa shape index (κ3) is 5.70. The summed E-state index contributed by atoms with van der Waals surface area (Å²) in [5, 5.41) is 0. The molecule has 1 nitrogen and oxygen atoms in total. The summed E-state index contributed by atoms with van der Waals surface area (Å²) in [7, 11) is 6.25. The van der Waals surface area contributed by atoms with Crippen LogP contribution in [0.15, 0.2) is 11.6 Å². The highest BCUT2D eigenvalue weighted by Gasteiger charge is 1.73. The van der Waals surface area contributed by atoms with E-state index in [0.717, 1.165) is 0 Å². The Kier molecular flexibility index (Phi) is 3.71. The molecule has 0 atom stereocenters. The van der Waals surface area contributed by atoms with Gasteiger partial charge in [-0.2, -0.15) is 0 Å². The van der Waals surface area contributed by atoms with E-state index in [2.05, 4.69) is 4.74 Å². The molecular weight excluding hydrogens is 88.1 g/mol. The maximum absolute atomic E-state index is 6.25. The van der Waals surface area contributed by atoms with Crippen molar-refractivity contribution in [1.29, 1.82) is 0 Å². The fraction of sp³-hybridized carbons (Fsp3) is 0.500. The van der Waals surface area contributed by atoms with Crippen LogP contribution in [-0.4, -0.2) is 6.61 Å². The van der Waals surface area contributed by atoms with Crippen molar-refractivity contribution in [2.24, 2.45) is 0 Å². The topological polar surface area (TPSA) is 9.23 Å². The van der Waals surface area contributed by atoms with E-state index in [1.54, 1.807) is 0 Å². The van der Waals surface area contributed by atoms with Gasteiger partial charge in [-0.25, -0.2) is 0 Å². The van der Waals surface area contributed by atoms with E-state index in [9.17, 15) is 0 Å². The maximum atomic E-state index is 6.25. The van der Waals surface area contributed by atoms with Gasteiger partial charge >= 0.3 is 0 Å². The molecule has 3 radical (unpaired) electrons. The van der Waals surface area contributed by atoms with Crippen LogP contribution in [-0.2, 0) is 4.74 Å². The van der Waals surface area contributed by atoms with Crippen molar-refractivity contribution in [2.45, 2.75) is 13.8 Å². The summed E-state index contributed by atoms with van der Waals surface area (Å²) >= 11 is 0. The molecule has 0 aromatic rings. The molecule has 0 aliphatic carbocycles. The lowest BCUT2D eigenvalue weighted by Crippen LogP contribution is -1.78. The molecule has 0 N–H and O–H groups in total. The van der Waals surface area contributed by atoms with Gasteiger partial charge in [0.1, 0.15) is 0 Å². The van der Waals surface area contributed by atoms with E-state index in [-0.39, 0.29) is 0 Å². The monoisotopic (exact) mass is 97.1 g/mol. The molecule has 0 saturated heterocycles. The van der Waals surface area contributed by atoms with Crippen LogP contribution in [0.1, 0.15) is 13.8 Å². The summed E-state index contributed by atoms with van der Waals surface area (Å²) in [6.07, 6.45) is 1.85. The van der Waals surface area contributed by atoms with Gasteiger partial charge in [-0.1, -0.05) is 11.6 Å². The molecule has 0 aliphatic heterocycles. The Morgan fingerprint density at radius 3 is 2.43 bits per heavy atom. The molecule has 0 rings (SSSR count). The minimum Gasteiger partial charge on any atom is -0.361 e. The van der Waals surface area contributed by atoms with Gasteiger partial charge in [-0.15, -0.1) is 0 Å². The molecule has 7 heavy (non-hydrogen) atoms. The van der Waals surface area contributed by atoms with E-state index in [1.807, 2.05) is 19.9 Å². The second kappa shape index (κ2) is 3.88. The summed E-state index contributed by atoms with van der Waals surface area (Å²) < 4.78 is 4.03. The first kappa shape index (κ1) is 6.70. The van der Waals surface area contributed by atoms with Crippen LogP contribution in [0.3, 0.4) is 0 Å². The highest BCUT2D eigenvalue weighted by molar-refractivity contribution is 4.92. The Morgan fingerprint density at radius 2 is 2.29 bits per heavy atom. The quantitative estimate of drug-likeness (QED) is 0.474. The minimum absolute atomic E-state index is 0.405. The third-order valence-electron chi connectivity index (χ3n) is 0.575. The number of ether oxygens (including phenoxy) is 1. The molecule has 39 valence electrons. The van der Waals surface area contributed by atoms with Gasteiger partial charge in [0.15, 0.2) is 7.11 Å². The number of hydrogen-bond acceptors (Lipinski definition) is 1. The van der Waals surface area contributed by atoms with Gasteiger partial charge in [-0.3, -0.25) is 0 Å². The number of allylic oxidation sites excluding steroid dienone is 1. The molecule has 0 heterocycles. The molecule has 0 aromatic heterocycles. The van der Waals surface area contributed by atoms with E-state index in [4.69, 9.17) is 7.11 Å². The second-order valence-corrected chi connectivity index (χ2v) is 1.59. The Labute approximate surface area is 45.0 Å². The zero-order valence-electron chi connectivity index (χ0n) is 4.69. The van der Waals surface area contributed by atoms with E-state index >= 15 is 0 Å². The predicted octanol–water partition coefficient (Wildman–Crippen LogP) is 1.51. The molecule has 0 amide bonds. The molecule has 0 aliphatic rings. The van der Waals surface area contributed by atoms with Gasteiger partial charge in [-0.05, 0) is 13.8 Å². The van der Waals surface area contributed by atoms with Crippen LogP contribution >= 0.6 is 0 Å². The summed E-state index contributed by atoms with van der Waals surface area (Å²) in [5.74, 6) is 0. The fourth-order valence-corrected chi connectivity index (χ4v) is 0.208. The molecular formula is C6H9O. The van der Waals surface area contributed by atoms with Crippen molar-refractivity contribution >= 4 is 0 Å². The lowest BCUT2D eigenvalue weighted by Gasteiger charge is -1.86. The smallest absolute Gasteiger partial charge is 0.174 e. The molecule has 0 fully saturated rings. The third-order valence-corrected chi connectivity index (χ3v) is 0.575. The summed E-state index contributed by atoms with van der Waals surface area (Å²) in [4.78, 5) is 0. The molecule has 0 saturated carbocycles. The predicted molar refractivity (Wildman–Crippen MR) is 28.6 cm³/mol. The summed E-state index contributed by atoms with van der Waals surface area (Å²) in [6.45, 7) is 4.35. The first-order chi connectivity index (χ1) is 3.27. The summed E-state index contributed by atoms with van der Waals surface area (Å²) in [5.41, 5.74) is 1.19. The van der Waals surface area contributed by atoms with E-state index in [0.29, 0.717) is 6.61 Å². The lowest BCUT2D eigenvalue weighted by molar-refractivity contribution is 0.281. The van der Waals surface area contributed by atoms with Crippen molar-refractivity contribution in [3.8, 4) is 0 Å². The zero-order chi connectivity index (χ0) is 5.70. The molecule has 0 spiro atoms. The molecule has 0 bridgehead atoms. The van der Waals surface area contributed by atoms with Crippen LogP contribution in [0.25, 0.3) is 0 Å². The van der Waals surface area contributed by atoms with Gasteiger partial charge in [0, 0.05) is 0 Å². The van der Waals surface area contributed by atoms with Crippen molar-refractivity contribution in [1.82, 2.24) is 0 Å².